The quantitative estimate of drug-likeness (QED) is 0.300. The zero-order valence-electron chi connectivity index (χ0n) is 26.7. The Hall–Kier alpha value is -4.63. The Labute approximate surface area is 270 Å². The second kappa shape index (κ2) is 12.6. The van der Waals surface area contributed by atoms with Gasteiger partial charge in [-0.05, 0) is 68.1 Å². The number of H-pyrrole nitrogens is 1. The zero-order chi connectivity index (χ0) is 31.7. The van der Waals surface area contributed by atoms with E-state index >= 15 is 0 Å². The number of methoxy groups -OCH3 is 1. The summed E-state index contributed by atoms with van der Waals surface area (Å²) in [6.07, 6.45) is 5.75. The van der Waals surface area contributed by atoms with Gasteiger partial charge in [0.15, 0.2) is 0 Å². The Morgan fingerprint density at radius 3 is 2.33 bits per heavy atom. The van der Waals surface area contributed by atoms with Crippen LogP contribution in [0.3, 0.4) is 0 Å². The molecule has 0 aliphatic carbocycles. The lowest BCUT2D eigenvalue weighted by Gasteiger charge is -2.38. The number of ether oxygens (including phenoxy) is 1. The number of benzene rings is 3. The highest BCUT2D eigenvalue weighted by Crippen LogP contribution is 2.44. The van der Waals surface area contributed by atoms with E-state index in [4.69, 9.17) is 4.74 Å². The third-order valence-electron chi connectivity index (χ3n) is 10.2. The Kier molecular flexibility index (Phi) is 8.25. The summed E-state index contributed by atoms with van der Waals surface area (Å²) >= 11 is 0. The van der Waals surface area contributed by atoms with Gasteiger partial charge in [0.25, 0.3) is 5.91 Å². The van der Waals surface area contributed by atoms with E-state index in [9.17, 15) is 9.59 Å². The minimum atomic E-state index is -0.418. The summed E-state index contributed by atoms with van der Waals surface area (Å²) in [4.78, 5) is 36.0. The molecule has 3 saturated heterocycles. The number of carbonyl (C=O) groups is 2. The molecule has 0 bridgehead atoms. The molecular formula is C37H42N6O3. The number of rotatable bonds is 7. The molecule has 7 rings (SSSR count). The highest BCUT2D eigenvalue weighted by atomic mass is 16.5. The van der Waals surface area contributed by atoms with Crippen LogP contribution in [0.25, 0.3) is 11.1 Å². The molecule has 0 radical (unpaired) electrons. The molecule has 3 aromatic carbocycles. The molecule has 0 saturated carbocycles. The van der Waals surface area contributed by atoms with E-state index in [2.05, 4.69) is 63.3 Å². The molecule has 1 N–H and O–H groups in total. The first kappa shape index (κ1) is 30.0. The molecule has 3 fully saturated rings. The molecular weight excluding hydrogens is 576 g/mol. The Morgan fingerprint density at radius 1 is 0.891 bits per heavy atom. The summed E-state index contributed by atoms with van der Waals surface area (Å²) in [5.41, 5.74) is 6.84. The van der Waals surface area contributed by atoms with Gasteiger partial charge in [0.1, 0.15) is 5.75 Å². The van der Waals surface area contributed by atoms with Gasteiger partial charge in [-0.2, -0.15) is 5.10 Å². The number of nitrogens with zero attached hydrogens (tertiary/aromatic N) is 5. The Morgan fingerprint density at radius 2 is 1.63 bits per heavy atom. The molecule has 0 atom stereocenters. The number of piperazine rings is 1. The molecule has 9 heteroatoms. The van der Waals surface area contributed by atoms with Crippen LogP contribution in [0, 0.1) is 12.3 Å². The van der Waals surface area contributed by atoms with Gasteiger partial charge in [0, 0.05) is 92.7 Å². The number of piperidine rings is 1. The first-order valence-electron chi connectivity index (χ1n) is 16.3. The highest BCUT2D eigenvalue weighted by molar-refractivity contribution is 6.01. The number of aryl methyl sites for hydroxylation is 1. The number of amides is 2. The fourth-order valence-electron chi connectivity index (χ4n) is 7.38. The number of hydrogen-bond acceptors (Lipinski definition) is 6. The van der Waals surface area contributed by atoms with E-state index < -0.39 is 5.41 Å². The van der Waals surface area contributed by atoms with Gasteiger partial charge < -0.3 is 19.4 Å². The number of aromatic amines is 1. The summed E-state index contributed by atoms with van der Waals surface area (Å²) in [6, 6.07) is 22.7. The lowest BCUT2D eigenvalue weighted by molar-refractivity contribution is -0.127. The second-order valence-electron chi connectivity index (χ2n) is 13.0. The van der Waals surface area contributed by atoms with Crippen molar-refractivity contribution >= 4 is 23.2 Å². The van der Waals surface area contributed by atoms with E-state index in [1.165, 1.54) is 11.1 Å². The van der Waals surface area contributed by atoms with Gasteiger partial charge in [-0.15, -0.1) is 0 Å². The summed E-state index contributed by atoms with van der Waals surface area (Å²) in [6.45, 7) is 8.96. The van der Waals surface area contributed by atoms with E-state index in [0.717, 1.165) is 61.6 Å². The van der Waals surface area contributed by atoms with Crippen molar-refractivity contribution in [2.45, 2.75) is 32.7 Å². The summed E-state index contributed by atoms with van der Waals surface area (Å²) < 4.78 is 5.66. The third kappa shape index (κ3) is 5.87. The fraction of sp³-hybridized carbons (Fsp3) is 0.378. The SMILES string of the molecule is COc1cc(N2CCC3(CCN(C(=O)c4ccc(N5CCN(Cc6cccc(C)c6)CC5)cc4)CC3)C2=O)ccc1-c1cn[nH]c1. The lowest BCUT2D eigenvalue weighted by Crippen LogP contribution is -2.46. The molecule has 0 unspecified atom stereocenters. The number of hydrogen-bond donors (Lipinski definition) is 1. The molecule has 1 spiro atoms. The number of nitrogens with one attached hydrogen (secondary N) is 1. The van der Waals surface area contributed by atoms with Gasteiger partial charge in [-0.3, -0.25) is 19.6 Å². The van der Waals surface area contributed by atoms with Crippen LogP contribution in [0.4, 0.5) is 11.4 Å². The van der Waals surface area contributed by atoms with Gasteiger partial charge in [0.05, 0.1) is 18.7 Å². The normalized spacial score (nSPS) is 18.4. The average Bonchev–Trinajstić information content (AvgIpc) is 3.74. The molecule has 2 amide bonds. The lowest BCUT2D eigenvalue weighted by atomic mass is 9.77. The summed E-state index contributed by atoms with van der Waals surface area (Å²) in [7, 11) is 1.64. The van der Waals surface area contributed by atoms with Crippen molar-refractivity contribution in [3.63, 3.8) is 0 Å². The maximum Gasteiger partial charge on any atom is 0.253 e. The average molecular weight is 619 g/mol. The minimum absolute atomic E-state index is 0.0475. The van der Waals surface area contributed by atoms with Crippen molar-refractivity contribution in [2.75, 3.05) is 62.7 Å². The van der Waals surface area contributed by atoms with E-state index in [0.29, 0.717) is 43.8 Å². The molecule has 1 aromatic heterocycles. The minimum Gasteiger partial charge on any atom is -0.496 e. The predicted molar refractivity (Wildman–Crippen MR) is 180 cm³/mol. The van der Waals surface area contributed by atoms with Crippen LogP contribution in [0.5, 0.6) is 5.75 Å². The largest absolute Gasteiger partial charge is 0.496 e. The molecule has 3 aliphatic rings. The maximum atomic E-state index is 13.8. The van der Waals surface area contributed by atoms with Crippen molar-refractivity contribution in [2.24, 2.45) is 5.41 Å². The molecule has 4 heterocycles. The highest BCUT2D eigenvalue weighted by Gasteiger charge is 2.49. The van der Waals surface area contributed by atoms with Crippen molar-refractivity contribution in [3.05, 3.63) is 95.8 Å². The predicted octanol–water partition coefficient (Wildman–Crippen LogP) is 5.38. The standard InChI is InChI=1S/C37H42N6O3/c1-27-4-3-5-28(22-27)26-40-18-20-41(21-19-40)31-8-6-29(7-9-31)35(44)42-15-12-37(13-16-42)14-17-43(36(37)45)32-10-11-33(34(23-32)46-2)30-24-38-39-25-30/h3-11,22-25H,12-21,26H2,1-2H3,(H,38,39). The van der Waals surface area contributed by atoms with E-state index in [-0.39, 0.29) is 11.8 Å². The number of likely N-dealkylation sites (tertiary alicyclic amines) is 1. The molecule has 3 aliphatic heterocycles. The van der Waals surface area contributed by atoms with Gasteiger partial charge in [0.2, 0.25) is 5.91 Å². The van der Waals surface area contributed by atoms with Crippen LogP contribution < -0.4 is 14.5 Å². The molecule has 46 heavy (non-hydrogen) atoms. The molecule has 238 valence electrons. The van der Waals surface area contributed by atoms with Crippen molar-refractivity contribution in [3.8, 4) is 16.9 Å². The van der Waals surface area contributed by atoms with E-state index in [1.54, 1.807) is 13.3 Å². The van der Waals surface area contributed by atoms with Crippen LogP contribution in [-0.2, 0) is 11.3 Å². The smallest absolute Gasteiger partial charge is 0.253 e. The van der Waals surface area contributed by atoms with E-state index in [1.807, 2.05) is 46.3 Å². The summed E-state index contributed by atoms with van der Waals surface area (Å²) in [5, 5.41) is 6.88. The van der Waals surface area contributed by atoms with Gasteiger partial charge in [-0.1, -0.05) is 29.8 Å². The number of anilines is 2. The third-order valence-corrected chi connectivity index (χ3v) is 10.2. The van der Waals surface area contributed by atoms with Crippen molar-refractivity contribution < 1.29 is 14.3 Å². The first-order valence-corrected chi connectivity index (χ1v) is 16.3. The van der Waals surface area contributed by atoms with Crippen molar-refractivity contribution in [1.82, 2.24) is 20.0 Å². The zero-order valence-corrected chi connectivity index (χ0v) is 26.7. The van der Waals surface area contributed by atoms with Crippen LogP contribution in [-0.4, -0.2) is 84.7 Å². The van der Waals surface area contributed by atoms with Crippen LogP contribution in [0.2, 0.25) is 0 Å². The van der Waals surface area contributed by atoms with Crippen LogP contribution >= 0.6 is 0 Å². The van der Waals surface area contributed by atoms with Crippen LogP contribution in [0.15, 0.2) is 79.1 Å². The topological polar surface area (TPSA) is 85.0 Å². The van der Waals surface area contributed by atoms with Gasteiger partial charge in [-0.25, -0.2) is 0 Å². The van der Waals surface area contributed by atoms with Crippen molar-refractivity contribution in [1.29, 1.82) is 0 Å². The maximum absolute atomic E-state index is 13.8. The Balaban J connectivity index is 0.930. The fourth-order valence-corrected chi connectivity index (χ4v) is 7.38. The Bertz CT molecular complexity index is 1690. The first-order chi connectivity index (χ1) is 22.4. The second-order valence-corrected chi connectivity index (χ2v) is 13.0. The summed E-state index contributed by atoms with van der Waals surface area (Å²) in [5.74, 6) is 0.909. The molecule has 9 nitrogen and oxygen atoms in total. The van der Waals surface area contributed by atoms with Gasteiger partial charge >= 0.3 is 0 Å². The van der Waals surface area contributed by atoms with Crippen LogP contribution in [0.1, 0.15) is 40.7 Å². The monoisotopic (exact) mass is 618 g/mol. The molecule has 4 aromatic rings. The number of carbonyl (C=O) groups excluding carboxylic acids is 2. The number of aromatic nitrogens is 2.